The summed E-state index contributed by atoms with van der Waals surface area (Å²) in [5, 5.41) is 24.7. The Morgan fingerprint density at radius 3 is 2.65 bits per heavy atom. The Kier molecular flexibility index (Phi) is 7.65. The summed E-state index contributed by atoms with van der Waals surface area (Å²) >= 11 is 1.39. The molecule has 2 amide bonds. The predicted molar refractivity (Wildman–Crippen MR) is 143 cm³/mol. The van der Waals surface area contributed by atoms with Gasteiger partial charge in [-0.2, -0.15) is 0 Å². The van der Waals surface area contributed by atoms with E-state index in [2.05, 4.69) is 18.2 Å². The Morgan fingerprint density at radius 1 is 1.32 bits per heavy atom. The van der Waals surface area contributed by atoms with E-state index in [0.29, 0.717) is 35.7 Å². The van der Waals surface area contributed by atoms with E-state index in [1.54, 1.807) is 38.4 Å². The van der Waals surface area contributed by atoms with E-state index in [4.69, 9.17) is 16.1 Å². The number of aliphatic hydroxyl groups is 2. The molecule has 8 nitrogen and oxygen atoms in total. The number of terminal acetylenes is 1. The van der Waals surface area contributed by atoms with E-state index < -0.39 is 11.5 Å². The van der Waals surface area contributed by atoms with Gasteiger partial charge in [0.2, 0.25) is 5.91 Å². The van der Waals surface area contributed by atoms with Gasteiger partial charge in [0.25, 0.3) is 5.91 Å². The van der Waals surface area contributed by atoms with E-state index in [1.165, 1.54) is 16.2 Å². The molecule has 3 N–H and O–H groups in total. The molecule has 0 aliphatic heterocycles. The van der Waals surface area contributed by atoms with Crippen LogP contribution in [-0.2, 0) is 11.2 Å². The van der Waals surface area contributed by atoms with Crippen LogP contribution in [0.4, 0.5) is 5.13 Å². The number of carbonyl (C=O) groups is 2. The molecular weight excluding hydrogens is 490 g/mol. The molecule has 2 aliphatic rings. The van der Waals surface area contributed by atoms with Crippen LogP contribution in [0.2, 0.25) is 0 Å². The molecule has 5 atom stereocenters. The highest BCUT2D eigenvalue weighted by atomic mass is 32.1. The zero-order chi connectivity index (χ0) is 27.0. The number of nitrogens with zero attached hydrogens (tertiary/aromatic N) is 2. The molecule has 9 heteroatoms. The summed E-state index contributed by atoms with van der Waals surface area (Å²) in [5.74, 6) is 2.51. The molecule has 1 saturated carbocycles. The lowest BCUT2D eigenvalue weighted by molar-refractivity contribution is -0.146. The summed E-state index contributed by atoms with van der Waals surface area (Å²) in [6, 6.07) is 6.83. The molecule has 1 fully saturated rings. The number of hydrogen-bond acceptors (Lipinski definition) is 7. The minimum atomic E-state index is -0.715. The van der Waals surface area contributed by atoms with Gasteiger partial charge in [-0.1, -0.05) is 19.8 Å². The van der Waals surface area contributed by atoms with Crippen molar-refractivity contribution in [2.45, 2.75) is 51.6 Å². The fraction of sp³-hybridized carbons (Fsp3) is 0.536. The molecular formula is C28H35N3O5S. The number of fused-ring (bicyclic) bond motifs is 2. The fourth-order valence-corrected chi connectivity index (χ4v) is 7.23. The first-order chi connectivity index (χ1) is 17.6. The smallest absolute Gasteiger partial charge is 0.257 e. The molecule has 1 heterocycles. The van der Waals surface area contributed by atoms with Crippen molar-refractivity contribution in [3.05, 3.63) is 40.4 Å². The molecule has 1 aromatic carbocycles. The number of benzene rings is 1. The van der Waals surface area contributed by atoms with Crippen LogP contribution >= 0.6 is 11.3 Å². The summed E-state index contributed by atoms with van der Waals surface area (Å²) in [4.78, 5) is 33.4. The van der Waals surface area contributed by atoms with Crippen LogP contribution in [0.5, 0.6) is 5.75 Å². The molecule has 37 heavy (non-hydrogen) atoms. The lowest BCUT2D eigenvalue weighted by Crippen LogP contribution is -2.57. The quantitative estimate of drug-likeness (QED) is 0.479. The van der Waals surface area contributed by atoms with Gasteiger partial charge in [-0.05, 0) is 54.9 Å². The van der Waals surface area contributed by atoms with Crippen molar-refractivity contribution in [1.82, 2.24) is 9.88 Å². The summed E-state index contributed by atoms with van der Waals surface area (Å²) in [6.07, 6.45) is 6.86. The Hall–Kier alpha value is -2.93. The number of anilines is 1. The topological polar surface area (TPSA) is 112 Å². The zero-order valence-electron chi connectivity index (χ0n) is 21.8. The minimum Gasteiger partial charge on any atom is -0.497 e. The molecule has 4 rings (SSSR count). The van der Waals surface area contributed by atoms with Gasteiger partial charge in [0.1, 0.15) is 5.75 Å². The largest absolute Gasteiger partial charge is 0.497 e. The molecule has 0 spiro atoms. The molecule has 0 bridgehead atoms. The van der Waals surface area contributed by atoms with Gasteiger partial charge >= 0.3 is 0 Å². The number of rotatable bonds is 7. The first kappa shape index (κ1) is 27.1. The van der Waals surface area contributed by atoms with E-state index in [1.807, 2.05) is 6.92 Å². The standard InChI is InChI=1S/C28H35N3O5S/c1-6-13-31(4)23(34)14-19-24-20(15-21-27(19,2)12-11-22(33)28(21,3)16-32)37-26(29-24)30-25(35)17-7-9-18(36-5)10-8-17/h1,7-10,19,21-22,32-33H,11-16H2,2-5H3,(H,29,30,35). The number of hydrogen-bond donors (Lipinski definition) is 3. The predicted octanol–water partition coefficient (Wildman–Crippen LogP) is 3.30. The first-order valence-electron chi connectivity index (χ1n) is 12.5. The van der Waals surface area contributed by atoms with Crippen LogP contribution in [0.15, 0.2) is 24.3 Å². The van der Waals surface area contributed by atoms with Crippen LogP contribution < -0.4 is 10.1 Å². The van der Waals surface area contributed by atoms with Crippen molar-refractivity contribution in [2.75, 3.05) is 32.6 Å². The number of amides is 2. The van der Waals surface area contributed by atoms with Gasteiger partial charge < -0.3 is 19.8 Å². The highest BCUT2D eigenvalue weighted by molar-refractivity contribution is 7.15. The third kappa shape index (κ3) is 4.86. The second-order valence-electron chi connectivity index (χ2n) is 10.7. The maximum absolute atomic E-state index is 13.2. The van der Waals surface area contributed by atoms with E-state index in [-0.39, 0.29) is 48.6 Å². The first-order valence-corrected chi connectivity index (χ1v) is 13.3. The zero-order valence-corrected chi connectivity index (χ0v) is 22.6. The van der Waals surface area contributed by atoms with Crippen molar-refractivity contribution in [3.63, 3.8) is 0 Å². The lowest BCUT2D eigenvalue weighted by atomic mass is 9.47. The number of ether oxygens (including phenoxy) is 1. The molecule has 2 aliphatic carbocycles. The van der Waals surface area contributed by atoms with Crippen LogP contribution in [0, 0.1) is 29.1 Å². The number of methoxy groups -OCH3 is 1. The Morgan fingerprint density at radius 2 is 2.03 bits per heavy atom. The maximum atomic E-state index is 13.2. The molecule has 0 saturated heterocycles. The van der Waals surface area contributed by atoms with Gasteiger partial charge in [0.15, 0.2) is 5.13 Å². The molecule has 198 valence electrons. The van der Waals surface area contributed by atoms with Crippen molar-refractivity contribution in [1.29, 1.82) is 0 Å². The molecule has 1 aromatic heterocycles. The number of aromatic nitrogens is 1. The normalized spacial score (nSPS) is 28.4. The van der Waals surface area contributed by atoms with Crippen LogP contribution in [0.1, 0.15) is 60.0 Å². The van der Waals surface area contributed by atoms with Crippen LogP contribution in [0.25, 0.3) is 0 Å². The van der Waals surface area contributed by atoms with Crippen molar-refractivity contribution >= 4 is 28.3 Å². The average molecular weight is 526 g/mol. The summed E-state index contributed by atoms with van der Waals surface area (Å²) in [5.41, 5.74) is 0.204. The Balaban J connectivity index is 1.70. The summed E-state index contributed by atoms with van der Waals surface area (Å²) in [7, 11) is 3.26. The third-order valence-electron chi connectivity index (χ3n) is 8.60. The highest BCUT2D eigenvalue weighted by Crippen LogP contribution is 2.62. The number of carbonyl (C=O) groups excluding carboxylic acids is 2. The number of thiazole rings is 1. The number of nitrogens with one attached hydrogen (secondary N) is 1. The second-order valence-corrected chi connectivity index (χ2v) is 11.8. The van der Waals surface area contributed by atoms with E-state index >= 15 is 0 Å². The minimum absolute atomic E-state index is 0.0671. The van der Waals surface area contributed by atoms with Crippen molar-refractivity contribution in [2.24, 2.45) is 16.7 Å². The van der Waals surface area contributed by atoms with Gasteiger partial charge in [-0.15, -0.1) is 17.8 Å². The van der Waals surface area contributed by atoms with Gasteiger partial charge in [-0.3, -0.25) is 14.9 Å². The summed E-state index contributed by atoms with van der Waals surface area (Å²) in [6.45, 7) is 4.14. The lowest BCUT2D eigenvalue weighted by Gasteiger charge is -2.58. The fourth-order valence-electron chi connectivity index (χ4n) is 6.17. The maximum Gasteiger partial charge on any atom is 0.257 e. The van der Waals surface area contributed by atoms with Crippen LogP contribution in [0.3, 0.4) is 0 Å². The van der Waals surface area contributed by atoms with Crippen molar-refractivity contribution in [3.8, 4) is 18.1 Å². The van der Waals surface area contributed by atoms with E-state index in [9.17, 15) is 19.8 Å². The van der Waals surface area contributed by atoms with Gasteiger partial charge in [0.05, 0.1) is 32.1 Å². The highest BCUT2D eigenvalue weighted by Gasteiger charge is 2.59. The summed E-state index contributed by atoms with van der Waals surface area (Å²) < 4.78 is 5.17. The SMILES string of the molecule is C#CCN(C)C(=O)CC1c2nc(NC(=O)c3ccc(OC)cc3)sc2CC2C(C)(CO)C(O)CCC12C. The third-order valence-corrected chi connectivity index (χ3v) is 9.61. The van der Waals surface area contributed by atoms with E-state index in [0.717, 1.165) is 10.6 Å². The Bertz CT molecular complexity index is 1210. The molecule has 2 aromatic rings. The van der Waals surface area contributed by atoms with Crippen LogP contribution in [-0.4, -0.2) is 65.3 Å². The average Bonchev–Trinajstić information content (AvgIpc) is 3.29. The van der Waals surface area contributed by atoms with Gasteiger partial charge in [-0.25, -0.2) is 4.98 Å². The van der Waals surface area contributed by atoms with Gasteiger partial charge in [0, 0.05) is 35.2 Å². The molecule has 5 unspecified atom stereocenters. The number of aliphatic hydroxyl groups excluding tert-OH is 2. The Labute approximate surface area is 222 Å². The second kappa shape index (κ2) is 10.4. The van der Waals surface area contributed by atoms with Crippen molar-refractivity contribution < 1.29 is 24.5 Å². The monoisotopic (exact) mass is 525 g/mol. The molecule has 0 radical (unpaired) electrons.